The molecule has 0 aromatic heterocycles. The first-order valence-electron chi connectivity index (χ1n) is 14.0. The molecule has 0 aliphatic heterocycles. The van der Waals surface area contributed by atoms with Crippen molar-refractivity contribution in [1.82, 2.24) is 0 Å². The van der Waals surface area contributed by atoms with E-state index in [-0.39, 0.29) is 47.6 Å². The summed E-state index contributed by atoms with van der Waals surface area (Å²) in [7, 11) is 0. The number of primary amides is 1. The Balaban J connectivity index is 1.70. The molecule has 3 fully saturated rings. The molecule has 0 unspecified atom stereocenters. The van der Waals surface area contributed by atoms with E-state index < -0.39 is 11.7 Å². The van der Waals surface area contributed by atoms with Gasteiger partial charge in [0.05, 0.1) is 6.10 Å². The molecule has 0 aromatic rings. The highest BCUT2D eigenvalue weighted by atomic mass is 16.6. The van der Waals surface area contributed by atoms with Gasteiger partial charge in [0.2, 0.25) is 5.91 Å². The first-order valence-corrected chi connectivity index (χ1v) is 14.0. The lowest BCUT2D eigenvalue weighted by atomic mass is 9.45. The van der Waals surface area contributed by atoms with Crippen LogP contribution in [0.1, 0.15) is 106 Å². The number of hydrogen-bond acceptors (Lipinski definition) is 5. The zero-order valence-electron chi connectivity index (χ0n) is 23.0. The normalized spacial score (nSPS) is 40.0. The minimum absolute atomic E-state index is 0.0248. The van der Waals surface area contributed by atoms with Gasteiger partial charge in [0, 0.05) is 19.4 Å². The third-order valence-corrected chi connectivity index (χ3v) is 10.4. The van der Waals surface area contributed by atoms with E-state index in [1.165, 1.54) is 6.42 Å². The second-order valence-electron chi connectivity index (χ2n) is 13.6. The fourth-order valence-corrected chi connectivity index (χ4v) is 8.85. The van der Waals surface area contributed by atoms with Gasteiger partial charge in [0.25, 0.3) is 0 Å². The van der Waals surface area contributed by atoms with Crippen LogP contribution in [0.5, 0.6) is 0 Å². The molecule has 0 spiro atoms. The predicted molar refractivity (Wildman–Crippen MR) is 137 cm³/mol. The Morgan fingerprint density at radius 2 is 1.83 bits per heavy atom. The molecule has 6 nitrogen and oxygen atoms in total. The van der Waals surface area contributed by atoms with Gasteiger partial charge >= 0.3 is 5.97 Å². The molecule has 0 bridgehead atoms. The minimum atomic E-state index is -0.435. The van der Waals surface area contributed by atoms with Gasteiger partial charge in [0.1, 0.15) is 5.60 Å². The van der Waals surface area contributed by atoms with Crippen LogP contribution in [0.25, 0.3) is 0 Å². The molecular weight excluding hydrogens is 442 g/mol. The first-order chi connectivity index (χ1) is 16.2. The van der Waals surface area contributed by atoms with Crippen LogP contribution in [-0.2, 0) is 14.3 Å². The topological polar surface area (TPSA) is 110 Å². The number of rotatable bonds is 9. The van der Waals surface area contributed by atoms with E-state index in [1.807, 2.05) is 20.8 Å². The summed E-state index contributed by atoms with van der Waals surface area (Å²) in [6.07, 6.45) is 7.93. The lowest BCUT2D eigenvalue weighted by molar-refractivity contribution is -0.162. The molecule has 9 atom stereocenters. The lowest BCUT2D eigenvalue weighted by Gasteiger charge is -2.61. The number of fused-ring (bicyclic) bond motifs is 3. The van der Waals surface area contributed by atoms with Gasteiger partial charge < -0.3 is 20.7 Å². The Kier molecular flexibility index (Phi) is 8.68. The Hall–Kier alpha value is -1.14. The second kappa shape index (κ2) is 10.7. The molecule has 3 rings (SSSR count). The molecule has 0 aromatic carbocycles. The summed E-state index contributed by atoms with van der Waals surface area (Å²) >= 11 is 0. The van der Waals surface area contributed by atoms with E-state index in [9.17, 15) is 19.8 Å². The summed E-state index contributed by atoms with van der Waals surface area (Å²) in [5.74, 6) is 1.70. The second-order valence-corrected chi connectivity index (χ2v) is 13.6. The van der Waals surface area contributed by atoms with Crippen molar-refractivity contribution in [2.75, 3.05) is 6.61 Å². The van der Waals surface area contributed by atoms with Crippen molar-refractivity contribution in [2.24, 2.45) is 52.1 Å². The largest absolute Gasteiger partial charge is 0.460 e. The minimum Gasteiger partial charge on any atom is -0.460 e. The molecule has 3 aliphatic rings. The summed E-state index contributed by atoms with van der Waals surface area (Å²) in [4.78, 5) is 24.0. The van der Waals surface area contributed by atoms with Gasteiger partial charge in [-0.15, -0.1) is 0 Å². The highest BCUT2D eigenvalue weighted by Crippen LogP contribution is 2.67. The van der Waals surface area contributed by atoms with E-state index in [0.717, 1.165) is 32.1 Å². The molecule has 6 heteroatoms. The molecule has 3 saturated carbocycles. The van der Waals surface area contributed by atoms with E-state index in [2.05, 4.69) is 20.8 Å². The maximum atomic E-state index is 12.2. The lowest BCUT2D eigenvalue weighted by Crippen LogP contribution is -2.57. The number of ether oxygens (including phenoxy) is 1. The zero-order chi connectivity index (χ0) is 26.2. The maximum absolute atomic E-state index is 12.2. The van der Waals surface area contributed by atoms with Crippen LogP contribution < -0.4 is 5.73 Å². The number of carbonyl (C=O) groups is 2. The molecule has 0 saturated heterocycles. The molecule has 1 amide bonds. The number of amides is 1. The quantitative estimate of drug-likeness (QED) is 0.398. The van der Waals surface area contributed by atoms with Gasteiger partial charge in [-0.1, -0.05) is 20.8 Å². The van der Waals surface area contributed by atoms with Crippen molar-refractivity contribution >= 4 is 11.9 Å². The van der Waals surface area contributed by atoms with Crippen molar-refractivity contribution in [1.29, 1.82) is 0 Å². The number of esters is 1. The smallest absolute Gasteiger partial charge is 0.306 e. The Morgan fingerprint density at radius 3 is 2.43 bits per heavy atom. The number of aliphatic hydroxyl groups excluding tert-OH is 2. The third kappa shape index (κ3) is 5.89. The van der Waals surface area contributed by atoms with Crippen LogP contribution >= 0.6 is 0 Å². The van der Waals surface area contributed by atoms with Crippen molar-refractivity contribution in [3.05, 3.63) is 0 Å². The number of aliphatic hydroxyl groups is 2. The highest BCUT2D eigenvalue weighted by molar-refractivity contribution is 5.74. The average molecular weight is 494 g/mol. The summed E-state index contributed by atoms with van der Waals surface area (Å²) in [5, 5.41) is 21.3. The molecule has 35 heavy (non-hydrogen) atoms. The van der Waals surface area contributed by atoms with Gasteiger partial charge in [0.15, 0.2) is 0 Å². The molecule has 4 N–H and O–H groups in total. The summed E-state index contributed by atoms with van der Waals surface area (Å²) in [6, 6.07) is 0. The van der Waals surface area contributed by atoms with Crippen molar-refractivity contribution in [3.63, 3.8) is 0 Å². The van der Waals surface area contributed by atoms with E-state index in [4.69, 9.17) is 10.5 Å². The summed E-state index contributed by atoms with van der Waals surface area (Å²) < 4.78 is 5.48. The summed E-state index contributed by atoms with van der Waals surface area (Å²) in [6.45, 7) is 12.8. The van der Waals surface area contributed by atoms with Crippen LogP contribution in [0.15, 0.2) is 0 Å². The van der Waals surface area contributed by atoms with Crippen LogP contribution in [0, 0.1) is 46.3 Å². The third-order valence-electron chi connectivity index (χ3n) is 10.4. The van der Waals surface area contributed by atoms with Gasteiger partial charge in [-0.25, -0.2) is 0 Å². The van der Waals surface area contributed by atoms with Crippen LogP contribution in [-0.4, -0.2) is 40.4 Å². The standard InChI is InChI=1S/C29H51NO5/c1-18(8-7-9-25(34)35-27(2,3)4)20-10-11-21-26-22(12-13-29(20,21)6)28(5,14-15-31)19(16-23(26)32)17-24(30)33/h18-23,26,31-32H,7-17H2,1-6H3,(H2,30,33)/t18-,19-,20-,21+,22+,23+,26+,28+,29-/m1/s1. The fourth-order valence-electron chi connectivity index (χ4n) is 8.85. The number of carbonyl (C=O) groups excluding carboxylic acids is 2. The van der Waals surface area contributed by atoms with E-state index in [0.29, 0.717) is 42.9 Å². The first kappa shape index (κ1) is 28.4. The molecule has 0 radical (unpaired) electrons. The number of hydrogen-bond donors (Lipinski definition) is 3. The van der Waals surface area contributed by atoms with E-state index in [1.54, 1.807) is 0 Å². The molecular formula is C29H51NO5. The fraction of sp³-hybridized carbons (Fsp3) is 0.931. The van der Waals surface area contributed by atoms with Crippen molar-refractivity contribution < 1.29 is 24.5 Å². The molecule has 0 heterocycles. The maximum Gasteiger partial charge on any atom is 0.306 e. The number of nitrogens with two attached hydrogens (primary N) is 1. The van der Waals surface area contributed by atoms with Crippen LogP contribution in [0.4, 0.5) is 0 Å². The van der Waals surface area contributed by atoms with Gasteiger partial charge in [-0.2, -0.15) is 0 Å². The Labute approximate surface area is 212 Å². The predicted octanol–water partition coefficient (Wildman–Crippen LogP) is 4.84. The highest BCUT2D eigenvalue weighted by Gasteiger charge is 2.62. The Morgan fingerprint density at radius 1 is 1.14 bits per heavy atom. The van der Waals surface area contributed by atoms with E-state index >= 15 is 0 Å². The molecule has 3 aliphatic carbocycles. The zero-order valence-corrected chi connectivity index (χ0v) is 23.0. The van der Waals surface area contributed by atoms with Gasteiger partial charge in [-0.05, 0) is 118 Å². The van der Waals surface area contributed by atoms with Crippen LogP contribution in [0.2, 0.25) is 0 Å². The van der Waals surface area contributed by atoms with Crippen molar-refractivity contribution in [3.8, 4) is 0 Å². The monoisotopic (exact) mass is 493 g/mol. The van der Waals surface area contributed by atoms with Gasteiger partial charge in [-0.3, -0.25) is 9.59 Å². The SMILES string of the molecule is C[C@H](CCCC(=O)OC(C)(C)C)[C@H]1CC[C@H]2[C@@H]3[C@@H](O)C[C@H](CC(N)=O)[C@](C)(CCO)[C@H]3CC[C@]12C. The van der Waals surface area contributed by atoms with Crippen LogP contribution in [0.3, 0.4) is 0 Å². The summed E-state index contributed by atoms with van der Waals surface area (Å²) in [5.41, 5.74) is 5.16. The average Bonchev–Trinajstić information content (AvgIpc) is 3.07. The van der Waals surface area contributed by atoms with Crippen molar-refractivity contribution in [2.45, 2.75) is 117 Å². The Bertz CT molecular complexity index is 763. The molecule has 202 valence electrons.